The lowest BCUT2D eigenvalue weighted by molar-refractivity contribution is -0.384. The van der Waals surface area contributed by atoms with E-state index in [0.29, 0.717) is 12.8 Å². The number of nitro groups is 1. The number of methoxy groups -OCH3 is 1. The van der Waals surface area contributed by atoms with Crippen LogP contribution in [-0.2, 0) is 9.53 Å². The van der Waals surface area contributed by atoms with Crippen LogP contribution in [0.4, 0.5) is 11.5 Å². The van der Waals surface area contributed by atoms with Gasteiger partial charge >= 0.3 is 11.7 Å². The maximum atomic E-state index is 12.1. The highest BCUT2D eigenvalue weighted by atomic mass is 35.5. The van der Waals surface area contributed by atoms with E-state index < -0.39 is 28.6 Å². The molecule has 0 aliphatic heterocycles. The minimum Gasteiger partial charge on any atom is -0.467 e. The maximum Gasteiger partial charge on any atom is 0.329 e. The van der Waals surface area contributed by atoms with Gasteiger partial charge in [-0.15, -0.1) is 0 Å². The number of hydrogen-bond acceptors (Lipinski definition) is 7. The summed E-state index contributed by atoms with van der Waals surface area (Å²) in [6, 6.07) is -2.12. The first kappa shape index (κ1) is 15.9. The Morgan fingerprint density at radius 3 is 2.78 bits per heavy atom. The van der Waals surface area contributed by atoms with Crippen molar-refractivity contribution in [3.8, 4) is 0 Å². The summed E-state index contributed by atoms with van der Waals surface area (Å²) in [4.78, 5) is 31.8. The van der Waals surface area contributed by atoms with Gasteiger partial charge in [0.15, 0.2) is 0 Å². The number of ether oxygens (including phenoxy) is 1. The summed E-state index contributed by atoms with van der Waals surface area (Å²) in [5.74, 6) is -0.731. The van der Waals surface area contributed by atoms with Crippen molar-refractivity contribution in [3.63, 3.8) is 0 Å². The quantitative estimate of drug-likeness (QED) is 0.351. The van der Waals surface area contributed by atoms with Crippen LogP contribution in [-0.4, -0.2) is 40.0 Å². The summed E-state index contributed by atoms with van der Waals surface area (Å²) in [5.41, 5.74) is -0.396. The Hall–Kier alpha value is -1.96. The van der Waals surface area contributed by atoms with Gasteiger partial charge in [-0.1, -0.05) is 19.3 Å². The van der Waals surface area contributed by atoms with Gasteiger partial charge in [-0.05, 0) is 31.4 Å². The fourth-order valence-electron chi connectivity index (χ4n) is 2.74. The van der Waals surface area contributed by atoms with Gasteiger partial charge < -0.3 is 9.64 Å². The minimum absolute atomic E-state index is 0.130. The Balaban J connectivity index is 2.60. The number of aromatic nitrogens is 2. The molecule has 0 N–H and O–H groups in total. The molecule has 1 aliphatic rings. The zero-order valence-electron chi connectivity index (χ0n) is 14.0. The topological polar surface area (TPSA) is 98.5 Å². The van der Waals surface area contributed by atoms with Crippen LogP contribution in [0.5, 0.6) is 0 Å². The number of hydrogen-bond donors (Lipinski definition) is 0. The van der Waals surface area contributed by atoms with E-state index in [2.05, 4.69) is 9.97 Å². The number of carbonyl (C=O) groups is 1. The molecule has 0 aromatic carbocycles. The second-order valence-corrected chi connectivity index (χ2v) is 5.64. The average molecular weight is 344 g/mol. The van der Waals surface area contributed by atoms with E-state index in [0.717, 1.165) is 25.5 Å². The molecule has 1 atom stereocenters. The molecule has 9 heteroatoms. The van der Waals surface area contributed by atoms with E-state index in [1.165, 1.54) is 18.9 Å². The SMILES string of the molecule is [2H]C1(N(c2nc(Cl)ncc2[N+](=O)[O-])[C@@H](C)C(=O)OC)CCCCC1. The highest BCUT2D eigenvalue weighted by Gasteiger charge is 2.35. The molecule has 1 fully saturated rings. The fraction of sp³-hybridized carbons (Fsp3) is 0.643. The number of nitrogens with zero attached hydrogens (tertiary/aromatic N) is 4. The lowest BCUT2D eigenvalue weighted by atomic mass is 9.93. The van der Waals surface area contributed by atoms with Crippen LogP contribution in [0.1, 0.15) is 40.4 Å². The van der Waals surface area contributed by atoms with Gasteiger partial charge in [-0.3, -0.25) is 10.1 Å². The number of esters is 1. The zero-order valence-corrected chi connectivity index (χ0v) is 13.7. The fourth-order valence-corrected chi connectivity index (χ4v) is 2.86. The average Bonchev–Trinajstić information content (AvgIpc) is 2.54. The van der Waals surface area contributed by atoms with E-state index in [1.807, 2.05) is 0 Å². The van der Waals surface area contributed by atoms with Crippen LogP contribution in [0.3, 0.4) is 0 Å². The highest BCUT2D eigenvalue weighted by molar-refractivity contribution is 6.28. The van der Waals surface area contributed by atoms with E-state index in [9.17, 15) is 14.9 Å². The van der Waals surface area contributed by atoms with E-state index in [4.69, 9.17) is 17.7 Å². The van der Waals surface area contributed by atoms with Crippen molar-refractivity contribution in [1.82, 2.24) is 9.97 Å². The first-order valence-corrected chi connectivity index (χ1v) is 7.72. The van der Waals surface area contributed by atoms with Gasteiger partial charge in [-0.25, -0.2) is 9.78 Å². The first-order chi connectivity index (χ1) is 11.3. The molecule has 126 valence electrons. The summed E-state index contributed by atoms with van der Waals surface area (Å²) < 4.78 is 13.6. The van der Waals surface area contributed by atoms with Crippen molar-refractivity contribution in [1.29, 1.82) is 0 Å². The second-order valence-electron chi connectivity index (χ2n) is 5.30. The summed E-state index contributed by atoms with van der Waals surface area (Å²) in [6.07, 6.45) is 4.49. The second kappa shape index (κ2) is 7.54. The molecule has 1 heterocycles. The first-order valence-electron chi connectivity index (χ1n) is 7.84. The Morgan fingerprint density at radius 2 is 2.22 bits per heavy atom. The largest absolute Gasteiger partial charge is 0.467 e. The molecule has 1 aliphatic carbocycles. The molecule has 0 radical (unpaired) electrons. The number of halogens is 1. The van der Waals surface area contributed by atoms with Crippen LogP contribution in [0.15, 0.2) is 6.20 Å². The third-order valence-electron chi connectivity index (χ3n) is 3.85. The van der Waals surface area contributed by atoms with Crippen molar-refractivity contribution in [2.24, 2.45) is 0 Å². The van der Waals surface area contributed by atoms with Crippen molar-refractivity contribution < 1.29 is 15.8 Å². The van der Waals surface area contributed by atoms with E-state index in [-0.39, 0.29) is 11.1 Å². The molecule has 1 aromatic rings. The Labute approximate surface area is 140 Å². The molecule has 8 nitrogen and oxygen atoms in total. The van der Waals surface area contributed by atoms with Gasteiger partial charge in [-0.2, -0.15) is 4.98 Å². The summed E-state index contributed by atoms with van der Waals surface area (Å²) in [6.45, 7) is 1.54. The molecule has 23 heavy (non-hydrogen) atoms. The van der Waals surface area contributed by atoms with Crippen molar-refractivity contribution in [2.75, 3.05) is 12.0 Å². The standard InChI is InChI=1S/C14H19ClN4O4/c1-9(13(20)23-2)18(10-6-4-3-5-7-10)12-11(19(21)22)8-16-14(15)17-12/h8-10H,3-7H2,1-2H3/t9-/m0/s1/i10D. The van der Waals surface area contributed by atoms with Gasteiger partial charge in [0.25, 0.3) is 0 Å². The summed E-state index contributed by atoms with van der Waals surface area (Å²) >= 11 is 5.82. The van der Waals surface area contributed by atoms with Crippen LogP contribution in [0, 0.1) is 10.1 Å². The molecule has 1 saturated carbocycles. The van der Waals surface area contributed by atoms with Crippen LogP contribution in [0.2, 0.25) is 5.28 Å². The predicted molar refractivity (Wildman–Crippen MR) is 84.5 cm³/mol. The molecule has 2 rings (SSSR count). The molecule has 1 aromatic heterocycles. The van der Waals surface area contributed by atoms with Crippen molar-refractivity contribution in [3.05, 3.63) is 21.6 Å². The van der Waals surface area contributed by atoms with E-state index >= 15 is 0 Å². The molecule has 0 bridgehead atoms. The van der Waals surface area contributed by atoms with Gasteiger partial charge in [0.05, 0.1) is 13.4 Å². The van der Waals surface area contributed by atoms with E-state index in [1.54, 1.807) is 0 Å². The lowest BCUT2D eigenvalue weighted by Crippen LogP contribution is -2.48. The predicted octanol–water partition coefficient (Wildman–Crippen LogP) is 2.74. The van der Waals surface area contributed by atoms with Crippen molar-refractivity contribution in [2.45, 2.75) is 51.1 Å². The highest BCUT2D eigenvalue weighted by Crippen LogP contribution is 2.34. The number of carbonyl (C=O) groups excluding carboxylic acids is 1. The summed E-state index contributed by atoms with van der Waals surface area (Å²) in [7, 11) is 1.23. The number of anilines is 1. The van der Waals surface area contributed by atoms with Crippen molar-refractivity contribution >= 4 is 29.1 Å². The lowest BCUT2D eigenvalue weighted by Gasteiger charge is -2.37. The van der Waals surface area contributed by atoms with Crippen LogP contribution >= 0.6 is 11.6 Å². The van der Waals surface area contributed by atoms with Gasteiger partial charge in [0.1, 0.15) is 12.2 Å². The Kier molecular flexibility index (Phi) is 5.22. The molecule has 0 spiro atoms. The zero-order chi connectivity index (χ0) is 17.9. The van der Waals surface area contributed by atoms with Crippen LogP contribution in [0.25, 0.3) is 0 Å². The van der Waals surface area contributed by atoms with Gasteiger partial charge in [0.2, 0.25) is 11.1 Å². The normalized spacial score (nSPS) is 18.7. The third-order valence-corrected chi connectivity index (χ3v) is 4.03. The Morgan fingerprint density at radius 1 is 1.57 bits per heavy atom. The molecule has 0 unspecified atom stereocenters. The molecule has 0 amide bonds. The number of rotatable bonds is 5. The third kappa shape index (κ3) is 3.87. The minimum atomic E-state index is -1.20. The maximum absolute atomic E-state index is 12.1. The van der Waals surface area contributed by atoms with Gasteiger partial charge in [0, 0.05) is 6.02 Å². The molecule has 0 saturated heterocycles. The Bertz CT molecular complexity index is 639. The van der Waals surface area contributed by atoms with Crippen LogP contribution < -0.4 is 4.90 Å². The summed E-state index contributed by atoms with van der Waals surface area (Å²) in [5, 5.41) is 11.2. The monoisotopic (exact) mass is 343 g/mol. The molecular formula is C14H19ClN4O4. The smallest absolute Gasteiger partial charge is 0.329 e. The molecular weight excluding hydrogens is 324 g/mol.